The second kappa shape index (κ2) is 7.93. The highest BCUT2D eigenvalue weighted by molar-refractivity contribution is 7.32. The number of nitrogens with one attached hydrogen (secondary N) is 1. The van der Waals surface area contributed by atoms with Gasteiger partial charge in [0.15, 0.2) is 0 Å². The molecule has 4 rings (SSSR count). The number of anilines is 1. The van der Waals surface area contributed by atoms with Gasteiger partial charge in [-0.05, 0) is 19.1 Å². The van der Waals surface area contributed by atoms with E-state index in [0.717, 1.165) is 16.3 Å². The second-order valence-corrected chi connectivity index (χ2v) is 7.56. The fourth-order valence-corrected chi connectivity index (χ4v) is 4.07. The summed E-state index contributed by atoms with van der Waals surface area (Å²) in [6, 6.07) is 15.1. The number of pyridine rings is 1. The Hall–Kier alpha value is -2.77. The maximum Gasteiger partial charge on any atom is 0.317 e. The Morgan fingerprint density at radius 3 is 2.59 bits per heavy atom. The molecule has 0 saturated carbocycles. The molecule has 0 saturated heterocycles. The van der Waals surface area contributed by atoms with Crippen LogP contribution in [0.4, 0.5) is 5.69 Å². The summed E-state index contributed by atoms with van der Waals surface area (Å²) in [4.78, 5) is 30.7. The van der Waals surface area contributed by atoms with Crippen LogP contribution in [0.3, 0.4) is 0 Å². The number of aliphatic hydroxyl groups is 1. The van der Waals surface area contributed by atoms with E-state index in [1.165, 1.54) is 11.8 Å². The smallest absolute Gasteiger partial charge is 0.317 e. The van der Waals surface area contributed by atoms with Gasteiger partial charge in [-0.1, -0.05) is 36.4 Å². The van der Waals surface area contributed by atoms with Crippen LogP contribution >= 0.6 is 8.25 Å². The van der Waals surface area contributed by atoms with Crippen LogP contribution in [-0.4, -0.2) is 45.1 Å². The molecule has 0 aliphatic rings. The van der Waals surface area contributed by atoms with E-state index in [9.17, 15) is 14.5 Å². The molecule has 1 amide bonds. The van der Waals surface area contributed by atoms with Gasteiger partial charge in [-0.15, -0.1) is 0 Å². The summed E-state index contributed by atoms with van der Waals surface area (Å²) in [6.45, 7) is 1.35. The van der Waals surface area contributed by atoms with Crippen LogP contribution in [-0.2, 0) is 13.9 Å². The largest absolute Gasteiger partial charge is 0.391 e. The predicted octanol–water partition coefficient (Wildman–Crippen LogP) is 2.98. The van der Waals surface area contributed by atoms with Crippen molar-refractivity contribution in [2.24, 2.45) is 0 Å². The van der Waals surface area contributed by atoms with Gasteiger partial charge in [0.05, 0.1) is 34.9 Å². The first-order valence-electron chi connectivity index (χ1n) is 9.08. The maximum atomic E-state index is 12.1. The standard InChI is InChI=1S/C20H20N3O5P/c1-12(25)17(28-29(26)27)10-23(11-24)20-14-7-3-5-9-16(14)21-18-13-6-2-4-8-15(13)22-19(18)20/h2-9,11-12,17,22,25,29H,10H2,1H3,(H,26,27). The Labute approximate surface area is 166 Å². The first-order valence-corrected chi connectivity index (χ1v) is 10.3. The van der Waals surface area contributed by atoms with Crippen LogP contribution < -0.4 is 4.90 Å². The van der Waals surface area contributed by atoms with E-state index in [1.807, 2.05) is 48.5 Å². The molecule has 9 heteroatoms. The quantitative estimate of drug-likeness (QED) is 0.317. The van der Waals surface area contributed by atoms with Crippen molar-refractivity contribution in [1.82, 2.24) is 9.97 Å². The number of fused-ring (bicyclic) bond motifs is 4. The lowest BCUT2D eigenvalue weighted by atomic mass is 10.1. The molecule has 0 aliphatic heterocycles. The van der Waals surface area contributed by atoms with E-state index >= 15 is 0 Å². The predicted molar refractivity (Wildman–Crippen MR) is 112 cm³/mol. The van der Waals surface area contributed by atoms with Crippen LogP contribution in [0, 0.1) is 0 Å². The van der Waals surface area contributed by atoms with Crippen molar-refractivity contribution in [2.75, 3.05) is 11.4 Å². The van der Waals surface area contributed by atoms with Gasteiger partial charge >= 0.3 is 8.25 Å². The van der Waals surface area contributed by atoms with E-state index < -0.39 is 20.5 Å². The molecular weight excluding hydrogens is 393 g/mol. The number of benzene rings is 2. The molecule has 29 heavy (non-hydrogen) atoms. The second-order valence-electron chi connectivity index (χ2n) is 6.79. The van der Waals surface area contributed by atoms with Gasteiger partial charge in [0.1, 0.15) is 6.10 Å². The highest BCUT2D eigenvalue weighted by Gasteiger charge is 2.25. The SMILES string of the molecule is CC(O)C(CN(C=O)c1c2ccccc2nc2c1[nH]c1ccccc12)O[PH](=O)O. The van der Waals surface area contributed by atoms with E-state index in [1.54, 1.807) is 0 Å². The fraction of sp³-hybridized carbons (Fsp3) is 0.200. The van der Waals surface area contributed by atoms with Gasteiger partial charge in [-0.25, -0.2) is 4.98 Å². The monoisotopic (exact) mass is 413 g/mol. The number of carbonyl (C=O) groups is 1. The third-order valence-corrected chi connectivity index (χ3v) is 5.39. The minimum Gasteiger partial charge on any atom is -0.391 e. The molecule has 8 nitrogen and oxygen atoms in total. The summed E-state index contributed by atoms with van der Waals surface area (Å²) >= 11 is 0. The number of aliphatic hydroxyl groups excluding tert-OH is 1. The number of carbonyl (C=O) groups excluding carboxylic acids is 1. The molecule has 3 atom stereocenters. The van der Waals surface area contributed by atoms with Crippen LogP contribution in [0.25, 0.3) is 32.8 Å². The van der Waals surface area contributed by atoms with Gasteiger partial charge < -0.3 is 24.4 Å². The van der Waals surface area contributed by atoms with Gasteiger partial charge in [0.2, 0.25) is 6.41 Å². The number of aromatic nitrogens is 2. The lowest BCUT2D eigenvalue weighted by molar-refractivity contribution is -0.107. The van der Waals surface area contributed by atoms with Gasteiger partial charge in [0, 0.05) is 16.3 Å². The molecule has 3 N–H and O–H groups in total. The van der Waals surface area contributed by atoms with Crippen molar-refractivity contribution < 1.29 is 23.9 Å². The summed E-state index contributed by atoms with van der Waals surface area (Å²) in [5.41, 5.74) is 3.53. The number of aromatic amines is 1. The average Bonchev–Trinajstić information content (AvgIpc) is 3.07. The van der Waals surface area contributed by atoms with Crippen LogP contribution in [0.5, 0.6) is 0 Å². The topological polar surface area (TPSA) is 116 Å². The zero-order valence-corrected chi connectivity index (χ0v) is 16.6. The first-order chi connectivity index (χ1) is 14.0. The van der Waals surface area contributed by atoms with E-state index in [-0.39, 0.29) is 6.54 Å². The molecule has 2 aromatic carbocycles. The van der Waals surface area contributed by atoms with Gasteiger partial charge in [-0.2, -0.15) is 0 Å². The Balaban J connectivity index is 1.95. The van der Waals surface area contributed by atoms with Crippen molar-refractivity contribution in [3.8, 4) is 0 Å². The Morgan fingerprint density at radius 1 is 1.21 bits per heavy atom. The number of rotatable bonds is 7. The molecule has 0 aliphatic carbocycles. The fourth-order valence-electron chi connectivity index (χ4n) is 3.54. The molecule has 2 aromatic heterocycles. The highest BCUT2D eigenvalue weighted by Crippen LogP contribution is 2.37. The minimum atomic E-state index is -3.29. The van der Waals surface area contributed by atoms with Crippen molar-refractivity contribution >= 4 is 53.2 Å². The van der Waals surface area contributed by atoms with Gasteiger partial charge in [-0.3, -0.25) is 9.36 Å². The third-order valence-electron chi connectivity index (χ3n) is 4.89. The normalized spacial score (nSPS) is 14.9. The molecule has 4 aromatic rings. The van der Waals surface area contributed by atoms with Crippen molar-refractivity contribution in [3.63, 3.8) is 0 Å². The number of nitrogens with zero attached hydrogens (tertiary/aromatic N) is 2. The van der Waals surface area contributed by atoms with Crippen LogP contribution in [0.15, 0.2) is 48.5 Å². The molecule has 0 bridgehead atoms. The molecule has 3 unspecified atom stereocenters. The zero-order valence-electron chi connectivity index (χ0n) is 15.6. The molecule has 0 fully saturated rings. The summed E-state index contributed by atoms with van der Waals surface area (Å²) in [6.07, 6.45) is -1.45. The Bertz CT molecular complexity index is 1220. The number of amides is 1. The highest BCUT2D eigenvalue weighted by atomic mass is 31.1. The van der Waals surface area contributed by atoms with Gasteiger partial charge in [0.25, 0.3) is 0 Å². The first kappa shape index (κ1) is 19.5. The Kier molecular flexibility index (Phi) is 5.34. The Morgan fingerprint density at radius 2 is 1.90 bits per heavy atom. The molecule has 0 radical (unpaired) electrons. The van der Waals surface area contributed by atoms with Crippen LogP contribution in [0.2, 0.25) is 0 Å². The summed E-state index contributed by atoms with van der Waals surface area (Å²) in [5, 5.41) is 11.6. The maximum absolute atomic E-state index is 12.1. The number of hydrogen-bond donors (Lipinski definition) is 3. The zero-order chi connectivity index (χ0) is 20.5. The minimum absolute atomic E-state index is 0.101. The van der Waals surface area contributed by atoms with E-state index in [4.69, 9.17) is 14.4 Å². The third kappa shape index (κ3) is 3.63. The lowest BCUT2D eigenvalue weighted by Crippen LogP contribution is -2.38. The van der Waals surface area contributed by atoms with Crippen LogP contribution in [0.1, 0.15) is 6.92 Å². The van der Waals surface area contributed by atoms with Crippen molar-refractivity contribution in [1.29, 1.82) is 0 Å². The van der Waals surface area contributed by atoms with Crippen molar-refractivity contribution in [2.45, 2.75) is 19.1 Å². The molecule has 150 valence electrons. The average molecular weight is 413 g/mol. The summed E-state index contributed by atoms with van der Waals surface area (Å²) in [5.74, 6) is 0. The molecular formula is C20H20N3O5P. The van der Waals surface area contributed by atoms with Crippen molar-refractivity contribution in [3.05, 3.63) is 48.5 Å². The summed E-state index contributed by atoms with van der Waals surface area (Å²) in [7, 11) is -3.29. The lowest BCUT2D eigenvalue weighted by Gasteiger charge is -2.26. The number of H-pyrrole nitrogens is 1. The van der Waals surface area contributed by atoms with E-state index in [0.29, 0.717) is 28.6 Å². The summed E-state index contributed by atoms with van der Waals surface area (Å²) < 4.78 is 16.2. The number of hydrogen-bond acceptors (Lipinski definition) is 5. The van der Waals surface area contributed by atoms with E-state index in [2.05, 4.69) is 4.98 Å². The molecule has 2 heterocycles. The molecule has 0 spiro atoms. The number of para-hydroxylation sites is 2.